The lowest BCUT2D eigenvalue weighted by Crippen LogP contribution is -1.95. The molecule has 0 radical (unpaired) electrons. The molecule has 0 aromatic heterocycles. The predicted molar refractivity (Wildman–Crippen MR) is 54.7 cm³/mol. The van der Waals surface area contributed by atoms with Crippen LogP contribution in [0.2, 0.25) is 0 Å². The van der Waals surface area contributed by atoms with E-state index in [2.05, 4.69) is 4.85 Å². The van der Waals surface area contributed by atoms with E-state index in [9.17, 15) is 0 Å². The van der Waals surface area contributed by atoms with E-state index in [4.69, 9.17) is 16.0 Å². The summed E-state index contributed by atoms with van der Waals surface area (Å²) in [5.41, 5.74) is 1.05. The van der Waals surface area contributed by atoms with Gasteiger partial charge in [0.05, 0.1) is 14.2 Å². The van der Waals surface area contributed by atoms with Gasteiger partial charge in [0.1, 0.15) is 11.5 Å². The average molecular weight is 191 g/mol. The van der Waals surface area contributed by atoms with Crippen LogP contribution in [-0.4, -0.2) is 20.8 Å². The van der Waals surface area contributed by atoms with Crippen LogP contribution in [0.1, 0.15) is 5.56 Å². The van der Waals surface area contributed by atoms with Crippen molar-refractivity contribution in [2.24, 2.45) is 0 Å². The molecule has 0 atom stereocenters. The fourth-order valence-corrected chi connectivity index (χ4v) is 1.23. The molecule has 0 aliphatic carbocycles. The molecule has 3 nitrogen and oxygen atoms in total. The van der Waals surface area contributed by atoms with Crippen LogP contribution in [-0.2, 0) is 6.42 Å². The van der Waals surface area contributed by atoms with Crippen LogP contribution in [0.5, 0.6) is 11.5 Å². The van der Waals surface area contributed by atoms with E-state index in [1.807, 2.05) is 18.2 Å². The van der Waals surface area contributed by atoms with Gasteiger partial charge in [0.2, 0.25) is 6.54 Å². The maximum absolute atomic E-state index is 6.72. The fraction of sp³-hybridized carbons (Fsp3) is 0.364. The molecule has 0 heterocycles. The Kier molecular flexibility index (Phi) is 3.81. The Balaban J connectivity index is 2.88. The lowest BCUT2D eigenvalue weighted by molar-refractivity contribution is 0.391. The number of ether oxygens (including phenoxy) is 2. The molecular formula is C11H13NO2. The summed E-state index contributed by atoms with van der Waals surface area (Å²) in [6, 6.07) is 5.64. The summed E-state index contributed by atoms with van der Waals surface area (Å²) in [5, 5.41) is 0. The minimum absolute atomic E-state index is 0.489. The first-order chi connectivity index (χ1) is 6.81. The number of benzene rings is 1. The van der Waals surface area contributed by atoms with Crippen LogP contribution in [0, 0.1) is 6.57 Å². The van der Waals surface area contributed by atoms with Gasteiger partial charge in [-0.3, -0.25) is 0 Å². The third-order valence-electron chi connectivity index (χ3n) is 1.99. The second kappa shape index (κ2) is 5.13. The molecule has 0 saturated heterocycles. The average Bonchev–Trinajstić information content (AvgIpc) is 2.26. The van der Waals surface area contributed by atoms with Gasteiger partial charge in [-0.25, -0.2) is 6.57 Å². The highest BCUT2D eigenvalue weighted by atomic mass is 16.5. The van der Waals surface area contributed by atoms with Crippen molar-refractivity contribution in [3.8, 4) is 11.5 Å². The highest BCUT2D eigenvalue weighted by molar-refractivity contribution is 5.40. The molecule has 3 heteroatoms. The second-order valence-electron chi connectivity index (χ2n) is 2.81. The van der Waals surface area contributed by atoms with Crippen molar-refractivity contribution in [1.29, 1.82) is 0 Å². The van der Waals surface area contributed by atoms with Gasteiger partial charge in [0.25, 0.3) is 0 Å². The van der Waals surface area contributed by atoms with Gasteiger partial charge in [-0.2, -0.15) is 0 Å². The molecule has 0 spiro atoms. The van der Waals surface area contributed by atoms with Crippen LogP contribution >= 0.6 is 0 Å². The van der Waals surface area contributed by atoms with Crippen molar-refractivity contribution in [2.45, 2.75) is 6.42 Å². The molecular weight excluding hydrogens is 178 g/mol. The third-order valence-corrected chi connectivity index (χ3v) is 1.99. The van der Waals surface area contributed by atoms with E-state index >= 15 is 0 Å². The molecule has 0 N–H and O–H groups in total. The molecule has 0 bridgehead atoms. The van der Waals surface area contributed by atoms with Gasteiger partial charge in [-0.15, -0.1) is 0 Å². The number of hydrogen-bond donors (Lipinski definition) is 0. The largest absolute Gasteiger partial charge is 0.497 e. The molecule has 0 aliphatic rings. The van der Waals surface area contributed by atoms with Crippen molar-refractivity contribution >= 4 is 0 Å². The van der Waals surface area contributed by atoms with Gasteiger partial charge in [0, 0.05) is 18.1 Å². The highest BCUT2D eigenvalue weighted by Gasteiger charge is 2.05. The Hall–Kier alpha value is -1.69. The molecule has 1 rings (SSSR count). The molecule has 0 aliphatic heterocycles. The van der Waals surface area contributed by atoms with Crippen molar-refractivity contribution in [3.05, 3.63) is 35.2 Å². The summed E-state index contributed by atoms with van der Waals surface area (Å²) in [6.45, 7) is 7.21. The van der Waals surface area contributed by atoms with E-state index in [1.165, 1.54) is 0 Å². The molecule has 0 unspecified atom stereocenters. The van der Waals surface area contributed by atoms with Gasteiger partial charge in [-0.05, 0) is 6.07 Å². The van der Waals surface area contributed by atoms with Crippen LogP contribution in [0.25, 0.3) is 4.85 Å². The maximum atomic E-state index is 6.72. The minimum Gasteiger partial charge on any atom is -0.497 e. The molecule has 0 fully saturated rings. The highest BCUT2D eigenvalue weighted by Crippen LogP contribution is 2.24. The zero-order valence-corrected chi connectivity index (χ0v) is 8.41. The Labute approximate surface area is 84.1 Å². The molecule has 0 saturated carbocycles. The first kappa shape index (κ1) is 10.4. The minimum atomic E-state index is 0.489. The number of nitrogens with zero attached hydrogens (tertiary/aromatic N) is 1. The van der Waals surface area contributed by atoms with Gasteiger partial charge in [-0.1, -0.05) is 6.07 Å². The number of rotatable bonds is 4. The van der Waals surface area contributed by atoms with Crippen molar-refractivity contribution in [2.75, 3.05) is 20.8 Å². The van der Waals surface area contributed by atoms with E-state index in [0.29, 0.717) is 6.54 Å². The maximum Gasteiger partial charge on any atom is 0.218 e. The number of hydrogen-bond acceptors (Lipinski definition) is 2. The van der Waals surface area contributed by atoms with Gasteiger partial charge >= 0.3 is 0 Å². The second-order valence-corrected chi connectivity index (χ2v) is 2.81. The van der Waals surface area contributed by atoms with Crippen molar-refractivity contribution in [3.63, 3.8) is 0 Å². The summed E-state index contributed by atoms with van der Waals surface area (Å²) in [7, 11) is 3.24. The van der Waals surface area contributed by atoms with Crippen molar-refractivity contribution in [1.82, 2.24) is 0 Å². The summed E-state index contributed by atoms with van der Waals surface area (Å²) >= 11 is 0. The Bertz CT molecular complexity index is 342. The lowest BCUT2D eigenvalue weighted by atomic mass is 10.1. The van der Waals surface area contributed by atoms with E-state index in [-0.39, 0.29) is 0 Å². The Morgan fingerprint density at radius 2 is 2.07 bits per heavy atom. The van der Waals surface area contributed by atoms with Crippen LogP contribution in [0.15, 0.2) is 18.2 Å². The molecule has 1 aromatic rings. The predicted octanol–water partition coefficient (Wildman–Crippen LogP) is 2.17. The summed E-state index contributed by atoms with van der Waals surface area (Å²) in [4.78, 5) is 3.31. The van der Waals surface area contributed by atoms with Crippen LogP contribution in [0.4, 0.5) is 0 Å². The third kappa shape index (κ3) is 2.40. The standard InChI is InChI=1S/C11H13NO2/c1-12-7-6-9-4-5-10(13-2)8-11(9)14-3/h4-5,8H,6-7H2,2-3H3. The topological polar surface area (TPSA) is 22.8 Å². The van der Waals surface area contributed by atoms with E-state index in [0.717, 1.165) is 23.5 Å². The van der Waals surface area contributed by atoms with Gasteiger partial charge in [0.15, 0.2) is 0 Å². The number of methoxy groups -OCH3 is 2. The summed E-state index contributed by atoms with van der Waals surface area (Å²) in [6.07, 6.45) is 0.719. The molecule has 1 aromatic carbocycles. The molecule has 74 valence electrons. The lowest BCUT2D eigenvalue weighted by Gasteiger charge is -2.07. The first-order valence-electron chi connectivity index (χ1n) is 4.36. The normalized spacial score (nSPS) is 9.21. The fourth-order valence-electron chi connectivity index (χ4n) is 1.23. The molecule has 0 amide bonds. The van der Waals surface area contributed by atoms with E-state index < -0.39 is 0 Å². The zero-order valence-electron chi connectivity index (χ0n) is 8.41. The zero-order chi connectivity index (χ0) is 10.4. The summed E-state index contributed by atoms with van der Waals surface area (Å²) in [5.74, 6) is 1.56. The Morgan fingerprint density at radius 3 is 2.64 bits per heavy atom. The Morgan fingerprint density at radius 1 is 1.29 bits per heavy atom. The smallest absolute Gasteiger partial charge is 0.218 e. The first-order valence-corrected chi connectivity index (χ1v) is 4.36. The summed E-state index contributed by atoms with van der Waals surface area (Å²) < 4.78 is 10.3. The van der Waals surface area contributed by atoms with Crippen LogP contribution in [0.3, 0.4) is 0 Å². The quantitative estimate of drug-likeness (QED) is 0.681. The van der Waals surface area contributed by atoms with Crippen molar-refractivity contribution < 1.29 is 9.47 Å². The van der Waals surface area contributed by atoms with E-state index in [1.54, 1.807) is 14.2 Å². The SMILES string of the molecule is [C-]#[N+]CCc1ccc(OC)cc1OC. The monoisotopic (exact) mass is 191 g/mol. The van der Waals surface area contributed by atoms with Crippen LogP contribution < -0.4 is 9.47 Å². The molecule has 14 heavy (non-hydrogen) atoms. The van der Waals surface area contributed by atoms with Gasteiger partial charge < -0.3 is 14.3 Å².